The van der Waals surface area contributed by atoms with Gasteiger partial charge in [0.15, 0.2) is 11.5 Å². The number of aromatic nitrogens is 5. The lowest BCUT2D eigenvalue weighted by Crippen LogP contribution is -2.19. The van der Waals surface area contributed by atoms with Crippen LogP contribution in [-0.2, 0) is 64.8 Å². The van der Waals surface area contributed by atoms with Crippen LogP contribution in [0.5, 0.6) is 34.5 Å². The minimum atomic E-state index is -3.89. The molecule has 21 rings (SSSR count). The number of carbonyl (C=O) groups is 6. The third-order valence-corrected chi connectivity index (χ3v) is 26.2. The molecule has 27 heteroatoms. The van der Waals surface area contributed by atoms with Crippen LogP contribution in [0.15, 0.2) is 303 Å². The number of ketones is 1. The van der Waals surface area contributed by atoms with Gasteiger partial charge in [0.25, 0.3) is 10.0 Å². The molecule has 0 saturated carbocycles. The number of benzene rings is 11. The predicted molar refractivity (Wildman–Crippen MR) is 566 cm³/mol. The average molecular weight is 1940 g/mol. The minimum absolute atomic E-state index is 0.0166. The first-order valence-electron chi connectivity index (χ1n) is 48.5. The zero-order valence-corrected chi connectivity index (χ0v) is 82.9. The Labute approximate surface area is 834 Å². The smallest absolute Gasteiger partial charge is 0.268 e. The molecule has 10 heterocycles. The van der Waals surface area contributed by atoms with E-state index in [1.54, 1.807) is 73.1 Å². The third kappa shape index (κ3) is 25.4. The first kappa shape index (κ1) is 100.0. The van der Waals surface area contributed by atoms with Crippen molar-refractivity contribution in [3.05, 3.63) is 326 Å². The van der Waals surface area contributed by atoms with Gasteiger partial charge >= 0.3 is 0 Å². The Hall–Kier alpha value is -16.0. The number of para-hydroxylation sites is 6. The summed E-state index contributed by atoms with van der Waals surface area (Å²) in [6, 6.07) is 88.1. The van der Waals surface area contributed by atoms with E-state index in [0.29, 0.717) is 126 Å². The quantitative estimate of drug-likeness (QED) is 0.0417. The Balaban J connectivity index is 0.000000125. The van der Waals surface area contributed by atoms with Crippen molar-refractivity contribution >= 4 is 119 Å². The van der Waals surface area contributed by atoms with E-state index in [-0.39, 0.29) is 77.4 Å². The molecule has 15 aromatic rings. The van der Waals surface area contributed by atoms with Gasteiger partial charge in [-0.25, -0.2) is 12.4 Å². The third-order valence-electron chi connectivity index (χ3n) is 24.5. The van der Waals surface area contributed by atoms with Crippen molar-refractivity contribution in [2.24, 2.45) is 5.92 Å². The normalized spacial score (nSPS) is 17.2. The van der Waals surface area contributed by atoms with Crippen molar-refractivity contribution in [3.8, 4) is 68.1 Å². The zero-order chi connectivity index (χ0) is 100. The van der Waals surface area contributed by atoms with Crippen LogP contribution < -0.4 is 65.6 Å². The van der Waals surface area contributed by atoms with E-state index in [0.717, 1.165) is 80.4 Å². The summed E-state index contributed by atoms with van der Waals surface area (Å²) in [5.74, 6) is 4.60. The molecule has 11 aromatic carbocycles. The molecule has 0 spiro atoms. The van der Waals surface area contributed by atoms with E-state index < -0.39 is 10.0 Å². The number of nitrogens with zero attached hydrogens (tertiary/aromatic N) is 5. The van der Waals surface area contributed by atoms with Crippen molar-refractivity contribution in [2.75, 3.05) is 43.8 Å². The Kier molecular flexibility index (Phi) is 32.1. The fourth-order valence-electron chi connectivity index (χ4n) is 17.7. The molecule has 734 valence electrons. The Morgan fingerprint density at radius 2 is 0.958 bits per heavy atom. The molecule has 26 nitrogen and oxygen atoms in total. The van der Waals surface area contributed by atoms with Crippen LogP contribution in [0.2, 0.25) is 0 Å². The molecule has 0 fully saturated rings. The van der Waals surface area contributed by atoms with Gasteiger partial charge in [-0.3, -0.25) is 38.4 Å². The van der Waals surface area contributed by atoms with Gasteiger partial charge in [-0.2, -0.15) is 5.10 Å². The molecule has 6 atom stereocenters. The molecule has 5 amide bonds. The van der Waals surface area contributed by atoms with Gasteiger partial charge in [-0.05, 0) is 206 Å². The van der Waals surface area contributed by atoms with Gasteiger partial charge < -0.3 is 70.2 Å². The number of nitrogens with one attached hydrogen (secondary N) is 7. The lowest BCUT2D eigenvalue weighted by molar-refractivity contribution is -0.119. The van der Waals surface area contributed by atoms with Crippen molar-refractivity contribution in [1.82, 2.24) is 23.3 Å². The monoisotopic (exact) mass is 1940 g/mol. The highest BCUT2D eigenvalue weighted by molar-refractivity contribution is 7.90. The number of fused-ring (bicyclic) bond motifs is 8. The second-order valence-corrected chi connectivity index (χ2v) is 39.1. The number of aryl methyl sites for hydroxylation is 2. The fourth-order valence-corrected chi connectivity index (χ4v) is 19.2. The van der Waals surface area contributed by atoms with Gasteiger partial charge in [0.05, 0.1) is 94.4 Å². The zero-order valence-electron chi connectivity index (χ0n) is 82.1. The number of pyridine rings is 1. The van der Waals surface area contributed by atoms with Gasteiger partial charge in [-0.15, -0.1) is 0 Å². The number of ether oxygens (including phenoxy) is 6. The second kappa shape index (κ2) is 45.9. The van der Waals surface area contributed by atoms with Gasteiger partial charge in [0.1, 0.15) is 59.8 Å². The van der Waals surface area contributed by atoms with Crippen molar-refractivity contribution in [1.29, 1.82) is 0 Å². The number of hydrogen-bond acceptors (Lipinski definition) is 18. The van der Waals surface area contributed by atoms with Crippen LogP contribution in [0.25, 0.3) is 67.1 Å². The molecule has 143 heavy (non-hydrogen) atoms. The molecule has 0 saturated heterocycles. The summed E-state index contributed by atoms with van der Waals surface area (Å²) in [5.41, 5.74) is 19.8. The van der Waals surface area contributed by atoms with Crippen LogP contribution in [-0.4, -0.2) is 110 Å². The molecule has 0 unspecified atom stereocenters. The number of anilines is 7. The van der Waals surface area contributed by atoms with Gasteiger partial charge in [0, 0.05) is 124 Å². The lowest BCUT2D eigenvalue weighted by Gasteiger charge is -2.19. The summed E-state index contributed by atoms with van der Waals surface area (Å²) in [6.07, 6.45) is 12.5. The Morgan fingerprint density at radius 3 is 1.57 bits per heavy atom. The largest absolute Gasteiger partial charge is 0.493 e. The molecule has 0 bridgehead atoms. The number of allylic oxidation sites excluding steroid dienone is 1. The fraction of sp³-hybridized carbons (Fsp3) is 0.259. The second-order valence-electron chi connectivity index (χ2n) is 37.3. The number of carbonyl (C=O) groups excluding carboxylic acids is 6. The number of amides is 5. The van der Waals surface area contributed by atoms with E-state index >= 15 is 0 Å². The summed E-state index contributed by atoms with van der Waals surface area (Å²) < 4.78 is 68.0. The highest BCUT2D eigenvalue weighted by atomic mass is 32.2. The summed E-state index contributed by atoms with van der Waals surface area (Å²) >= 11 is 0. The summed E-state index contributed by atoms with van der Waals surface area (Å²) in [5, 5.41) is 27.9. The summed E-state index contributed by atoms with van der Waals surface area (Å²) in [4.78, 5) is 75.4. The minimum Gasteiger partial charge on any atom is -0.493 e. The molecule has 6 aliphatic rings. The van der Waals surface area contributed by atoms with Crippen LogP contribution in [0, 0.1) is 5.92 Å². The van der Waals surface area contributed by atoms with E-state index in [1.807, 2.05) is 167 Å². The first-order chi connectivity index (χ1) is 69.1. The SMILES string of the molecule is C/C(=C/c1cccc2c1N[C@H](C)CC(=O)N2)c1ccccc1.CC(C)COc1ccc2c(c1)O[C@H](C)CC(=O)N2.CC(C)n1cc(-c2cccc3c2O[C@H](C)CC(=O)N3)cn1.C[C@@H]1CC(=O)Cc2cccc(-c3cc4ccccc4n3CCc3ccccc3)c2N1.C[C@@H]1CC(=O)Nc2ccc(OCc3ccncc3)cc2O1.C[C@@H]1CC(=O)Nc2cccc(-c3cc4ccccc4n3S(=O)(=O)c3ccccc3)c2O1. The van der Waals surface area contributed by atoms with Crippen molar-refractivity contribution in [2.45, 2.75) is 188 Å². The van der Waals surface area contributed by atoms with Crippen LogP contribution in [0.1, 0.15) is 149 Å². The number of rotatable bonds is 17. The average Bonchev–Trinajstić information content (AvgIpc) is 1.60. The molecule has 4 aromatic heterocycles. The predicted octanol–water partition coefficient (Wildman–Crippen LogP) is 23.8. The maximum absolute atomic E-state index is 13.7. The van der Waals surface area contributed by atoms with E-state index in [2.05, 4.69) is 197 Å². The Bertz CT molecular complexity index is 7250. The molecular weight excluding hydrogens is 1820 g/mol. The highest BCUT2D eigenvalue weighted by Gasteiger charge is 2.32. The van der Waals surface area contributed by atoms with Crippen LogP contribution >= 0.6 is 0 Å². The van der Waals surface area contributed by atoms with Crippen LogP contribution in [0.3, 0.4) is 0 Å². The molecule has 6 aliphatic heterocycles. The maximum atomic E-state index is 13.7. The van der Waals surface area contributed by atoms with Gasteiger partial charge in [-0.1, -0.05) is 178 Å². The maximum Gasteiger partial charge on any atom is 0.268 e. The van der Waals surface area contributed by atoms with Gasteiger partial charge in [0.2, 0.25) is 29.5 Å². The van der Waals surface area contributed by atoms with Crippen molar-refractivity contribution < 1.29 is 65.6 Å². The molecule has 0 aliphatic carbocycles. The topological polar surface area (TPSA) is 317 Å². The number of Topliss-reactive ketones (excluding diaryl/α,β-unsaturated/α-hetero) is 1. The standard InChI is InChI=1S/C27H26N2O.C24H20N2O4S.C19H20N2O.C16H19N3O2.C16H16N2O3.C14H19NO3/c1-19-16-23(30)17-22-11-7-12-24(27(22)28-19)26-18-21-10-5-6-13-25(21)29(26)15-14-20-8-3-2-4-9-20;1-16-14-23(27)25-20-12-7-11-19(24(20)30-16)22-15-17-8-5-6-13-21(17)26(22)31(28,29)18-9-3-2-4-10-18;1-13(15-7-4-3-5-8-15)11-16-9-6-10-17-19(16)20-14(2)12-18(22)21-17;1-10(2)19-9-12(8-17-19)13-5-4-6-14-16(13)21-11(3)7-15(20)18-14;1-11-8-16(19)18-14-3-2-13(9-15(14)21-11)20-10-12-4-6-17-7-5-12;1-9(2)8-17-11-4-5-12-13(7-11)18-10(3)6-14(16)15-12/h2-13,18-19,28H,14-17H2,1H3;2-13,15-16H,14H2,1H3,(H,25,27);3-11,14,20H,12H2,1-2H3,(H,21,22);4-6,8-11H,7H2,1-3H3,(H,18,20);2-7,9,11H,8,10H2,1H3,(H,18,19);4-5,7,9-10H,6,8H2,1-3H3,(H,15,16)/b;;13-11-;;;/t19-;16-;14-;2*11-;10-/m111111/s1. The molecule has 0 radical (unpaired) electrons. The van der Waals surface area contributed by atoms with E-state index in [4.69, 9.17) is 28.4 Å². The Morgan fingerprint density at radius 1 is 0.462 bits per heavy atom. The molecular formula is C116H120N12O14S. The van der Waals surface area contributed by atoms with E-state index in [1.165, 1.54) is 42.8 Å². The molecule has 7 N–H and O–H groups in total. The van der Waals surface area contributed by atoms with E-state index in [9.17, 15) is 37.2 Å². The number of hydrogen-bond donors (Lipinski definition) is 7. The first-order valence-corrected chi connectivity index (χ1v) is 50.0. The van der Waals surface area contributed by atoms with Crippen molar-refractivity contribution in [3.63, 3.8) is 0 Å². The summed E-state index contributed by atoms with van der Waals surface area (Å²) in [7, 11) is -3.89. The highest BCUT2D eigenvalue weighted by Crippen LogP contribution is 2.46. The lowest BCUT2D eigenvalue weighted by atomic mass is 10.0. The summed E-state index contributed by atoms with van der Waals surface area (Å²) in [6.45, 7) is 24.1. The van der Waals surface area contributed by atoms with Crippen LogP contribution in [0.4, 0.5) is 39.8 Å².